The summed E-state index contributed by atoms with van der Waals surface area (Å²) in [5, 5.41) is 53.8. The first-order chi connectivity index (χ1) is 22.8. The number of ether oxygens (including phenoxy) is 2. The van der Waals surface area contributed by atoms with Crippen LogP contribution >= 0.6 is 0 Å². The van der Waals surface area contributed by atoms with Crippen molar-refractivity contribution < 1.29 is 39.8 Å². The zero-order valence-electron chi connectivity index (χ0n) is 30.0. The average molecular weight is 672 g/mol. The van der Waals surface area contributed by atoms with Gasteiger partial charge < -0.3 is 40.3 Å². The molecule has 1 aliphatic rings. The molecular formula is C38H73NO8. The second-order valence-electron chi connectivity index (χ2n) is 13.7. The Morgan fingerprint density at radius 1 is 0.702 bits per heavy atom. The number of hydrogen-bond donors (Lipinski definition) is 6. The van der Waals surface area contributed by atoms with E-state index in [0.29, 0.717) is 6.42 Å². The third-order valence-electron chi connectivity index (χ3n) is 9.36. The SMILES string of the molecule is CCCCCCCCCCCC/C=C/[C@@H](O)[C@H](CO[C@@H]1O[C@H](CO)[C@@H](O)C(O)C1O)NC(=O)CCCCCCCCCCCCCC. The molecule has 1 aliphatic heterocycles. The highest BCUT2D eigenvalue weighted by Crippen LogP contribution is 2.22. The van der Waals surface area contributed by atoms with E-state index >= 15 is 0 Å². The molecule has 6 N–H and O–H groups in total. The molecule has 0 aliphatic carbocycles. The minimum Gasteiger partial charge on any atom is -0.394 e. The Morgan fingerprint density at radius 2 is 1.17 bits per heavy atom. The summed E-state index contributed by atoms with van der Waals surface area (Å²) in [6.45, 7) is 3.74. The fourth-order valence-corrected chi connectivity index (χ4v) is 6.15. The maximum Gasteiger partial charge on any atom is 0.220 e. The summed E-state index contributed by atoms with van der Waals surface area (Å²) in [7, 11) is 0. The quantitative estimate of drug-likeness (QED) is 0.0357. The number of carbonyl (C=O) groups excluding carboxylic acids is 1. The molecule has 1 amide bonds. The lowest BCUT2D eigenvalue weighted by Crippen LogP contribution is -2.60. The molecule has 47 heavy (non-hydrogen) atoms. The van der Waals surface area contributed by atoms with E-state index in [0.717, 1.165) is 38.5 Å². The van der Waals surface area contributed by atoms with Gasteiger partial charge in [0.25, 0.3) is 0 Å². The number of aliphatic hydroxyl groups excluding tert-OH is 5. The Labute approximate surface area is 286 Å². The number of unbranched alkanes of at least 4 members (excludes halogenated alkanes) is 21. The van der Waals surface area contributed by atoms with Gasteiger partial charge in [-0.05, 0) is 19.3 Å². The Balaban J connectivity index is 2.46. The van der Waals surface area contributed by atoms with Crippen molar-refractivity contribution in [2.45, 2.75) is 211 Å². The van der Waals surface area contributed by atoms with Crippen molar-refractivity contribution in [2.24, 2.45) is 0 Å². The summed E-state index contributed by atoms with van der Waals surface area (Å²) in [5.74, 6) is -0.179. The molecule has 278 valence electrons. The van der Waals surface area contributed by atoms with Crippen molar-refractivity contribution in [2.75, 3.05) is 13.2 Å². The lowest BCUT2D eigenvalue weighted by atomic mass is 9.99. The van der Waals surface area contributed by atoms with Gasteiger partial charge in [-0.25, -0.2) is 0 Å². The maximum atomic E-state index is 12.8. The van der Waals surface area contributed by atoms with E-state index < -0.39 is 49.5 Å². The molecule has 0 aromatic rings. The van der Waals surface area contributed by atoms with E-state index in [1.54, 1.807) is 6.08 Å². The highest BCUT2D eigenvalue weighted by Gasteiger charge is 2.44. The summed E-state index contributed by atoms with van der Waals surface area (Å²) >= 11 is 0. The molecule has 0 bridgehead atoms. The summed E-state index contributed by atoms with van der Waals surface area (Å²) < 4.78 is 11.1. The predicted molar refractivity (Wildman–Crippen MR) is 189 cm³/mol. The highest BCUT2D eigenvalue weighted by molar-refractivity contribution is 5.76. The third kappa shape index (κ3) is 21.6. The van der Waals surface area contributed by atoms with Crippen molar-refractivity contribution in [1.29, 1.82) is 0 Å². The largest absolute Gasteiger partial charge is 0.394 e. The van der Waals surface area contributed by atoms with Crippen LogP contribution in [-0.2, 0) is 14.3 Å². The van der Waals surface area contributed by atoms with Gasteiger partial charge in [-0.1, -0.05) is 154 Å². The first kappa shape index (κ1) is 44.0. The van der Waals surface area contributed by atoms with Crippen LogP contribution in [0.1, 0.15) is 168 Å². The molecule has 7 atom stereocenters. The van der Waals surface area contributed by atoms with Gasteiger partial charge in [0.15, 0.2) is 6.29 Å². The molecule has 1 rings (SSSR count). The summed E-state index contributed by atoms with van der Waals surface area (Å²) in [6.07, 6.45) is 23.9. The van der Waals surface area contributed by atoms with Gasteiger partial charge in [-0.15, -0.1) is 0 Å². The summed E-state index contributed by atoms with van der Waals surface area (Å²) in [5.41, 5.74) is 0. The smallest absolute Gasteiger partial charge is 0.220 e. The van der Waals surface area contributed by atoms with Crippen LogP contribution in [0.5, 0.6) is 0 Å². The third-order valence-corrected chi connectivity index (χ3v) is 9.36. The number of amides is 1. The predicted octanol–water partition coefficient (Wildman–Crippen LogP) is 6.61. The molecule has 1 fully saturated rings. The van der Waals surface area contributed by atoms with E-state index in [1.807, 2.05) is 6.08 Å². The van der Waals surface area contributed by atoms with Gasteiger partial charge in [0.1, 0.15) is 24.4 Å². The maximum absolute atomic E-state index is 12.8. The normalized spacial score (nSPS) is 22.9. The Morgan fingerprint density at radius 3 is 1.66 bits per heavy atom. The molecule has 1 saturated heterocycles. The second-order valence-corrected chi connectivity index (χ2v) is 13.7. The van der Waals surface area contributed by atoms with Crippen LogP contribution in [-0.4, -0.2) is 87.5 Å². The topological polar surface area (TPSA) is 149 Å². The molecule has 0 radical (unpaired) electrons. The zero-order chi connectivity index (χ0) is 34.5. The standard InChI is InChI=1S/C38H73NO8/c1-3-5-7-9-11-13-15-17-19-21-23-25-27-32(41)31(30-46-38-37(45)36(44)35(43)33(29-40)47-38)39-34(42)28-26-24-22-20-18-16-14-12-10-8-6-4-2/h25,27,31-33,35-38,40-41,43-45H,3-24,26,28-30H2,1-2H3,(H,39,42)/b27-25+/t31-,32+,33+,35+,36?,37?,38+/m0/s1. The van der Waals surface area contributed by atoms with E-state index in [2.05, 4.69) is 19.2 Å². The van der Waals surface area contributed by atoms with Crippen molar-refractivity contribution >= 4 is 5.91 Å². The van der Waals surface area contributed by atoms with Gasteiger partial charge in [0.2, 0.25) is 5.91 Å². The molecule has 0 aromatic carbocycles. The lowest BCUT2D eigenvalue weighted by molar-refractivity contribution is -0.302. The van der Waals surface area contributed by atoms with E-state index in [9.17, 15) is 30.3 Å². The van der Waals surface area contributed by atoms with Crippen LogP contribution in [0.4, 0.5) is 0 Å². The minimum absolute atomic E-state index is 0.179. The van der Waals surface area contributed by atoms with Gasteiger partial charge >= 0.3 is 0 Å². The van der Waals surface area contributed by atoms with Crippen LogP contribution in [0.15, 0.2) is 12.2 Å². The number of nitrogens with one attached hydrogen (secondary N) is 1. The Hall–Kier alpha value is -1.07. The fraction of sp³-hybridized carbons (Fsp3) is 0.921. The average Bonchev–Trinajstić information content (AvgIpc) is 3.07. The minimum atomic E-state index is -1.56. The molecule has 0 spiro atoms. The van der Waals surface area contributed by atoms with Crippen LogP contribution in [0, 0.1) is 0 Å². The molecule has 0 saturated carbocycles. The Kier molecular flexibility index (Phi) is 27.9. The first-order valence-corrected chi connectivity index (χ1v) is 19.4. The van der Waals surface area contributed by atoms with Crippen molar-refractivity contribution in [3.63, 3.8) is 0 Å². The van der Waals surface area contributed by atoms with Gasteiger partial charge in [0.05, 0.1) is 25.4 Å². The number of hydrogen-bond acceptors (Lipinski definition) is 8. The highest BCUT2D eigenvalue weighted by atomic mass is 16.7. The monoisotopic (exact) mass is 672 g/mol. The van der Waals surface area contributed by atoms with Crippen molar-refractivity contribution in [3.8, 4) is 0 Å². The Bertz CT molecular complexity index is 751. The summed E-state index contributed by atoms with van der Waals surface area (Å²) in [6, 6.07) is -0.795. The van der Waals surface area contributed by atoms with Crippen LogP contribution in [0.2, 0.25) is 0 Å². The molecule has 9 nitrogen and oxygen atoms in total. The fourth-order valence-electron chi connectivity index (χ4n) is 6.15. The van der Waals surface area contributed by atoms with E-state index in [-0.39, 0.29) is 12.5 Å². The van der Waals surface area contributed by atoms with Gasteiger partial charge in [0, 0.05) is 6.42 Å². The zero-order valence-corrected chi connectivity index (χ0v) is 30.0. The van der Waals surface area contributed by atoms with Gasteiger partial charge in [-0.3, -0.25) is 4.79 Å². The van der Waals surface area contributed by atoms with Crippen LogP contribution < -0.4 is 5.32 Å². The molecule has 9 heteroatoms. The second kappa shape index (κ2) is 29.8. The van der Waals surface area contributed by atoms with Gasteiger partial charge in [-0.2, -0.15) is 0 Å². The van der Waals surface area contributed by atoms with Crippen molar-refractivity contribution in [3.05, 3.63) is 12.2 Å². The lowest BCUT2D eigenvalue weighted by Gasteiger charge is -2.40. The number of allylic oxidation sites excluding steroid dienone is 1. The molecule has 0 aromatic heterocycles. The molecule has 1 heterocycles. The molecule has 2 unspecified atom stereocenters. The number of rotatable bonds is 31. The van der Waals surface area contributed by atoms with E-state index in [4.69, 9.17) is 9.47 Å². The summed E-state index contributed by atoms with van der Waals surface area (Å²) in [4.78, 5) is 12.8. The van der Waals surface area contributed by atoms with Crippen LogP contribution in [0.3, 0.4) is 0 Å². The number of carbonyl (C=O) groups is 1. The number of aliphatic hydroxyl groups is 5. The van der Waals surface area contributed by atoms with Crippen molar-refractivity contribution in [1.82, 2.24) is 5.32 Å². The molecular weight excluding hydrogens is 598 g/mol. The van der Waals surface area contributed by atoms with E-state index in [1.165, 1.54) is 109 Å². The van der Waals surface area contributed by atoms with Crippen LogP contribution in [0.25, 0.3) is 0 Å². The first-order valence-electron chi connectivity index (χ1n) is 19.4.